The normalized spacial score (nSPS) is 18.6. The van der Waals surface area contributed by atoms with Crippen LogP contribution in [0, 0.1) is 0 Å². The van der Waals surface area contributed by atoms with Crippen molar-refractivity contribution < 1.29 is 0 Å². The number of hydrogen-bond donors (Lipinski definition) is 1. The van der Waals surface area contributed by atoms with Crippen molar-refractivity contribution in [3.05, 3.63) is 29.0 Å². The number of aromatic nitrogens is 2. The van der Waals surface area contributed by atoms with Crippen LogP contribution < -0.4 is 0 Å². The first-order chi connectivity index (χ1) is 8.72. The first-order valence-corrected chi connectivity index (χ1v) is 6.63. The largest absolute Gasteiger partial charge is 0.342 e. The van der Waals surface area contributed by atoms with Crippen molar-refractivity contribution in [3.8, 4) is 0 Å². The minimum Gasteiger partial charge on any atom is -0.342 e. The Morgan fingerprint density at radius 1 is 1.33 bits per heavy atom. The Bertz CT molecular complexity index is 543. The fourth-order valence-electron chi connectivity index (χ4n) is 2.38. The molecular formula is C13H17ClN4. The highest BCUT2D eigenvalue weighted by molar-refractivity contribution is 6.35. The van der Waals surface area contributed by atoms with Crippen LogP contribution in [0.5, 0.6) is 0 Å². The lowest BCUT2D eigenvalue weighted by Gasteiger charge is -2.31. The Balaban J connectivity index is 1.77. The zero-order valence-corrected chi connectivity index (χ0v) is 11.2. The predicted octanol–water partition coefficient (Wildman–Crippen LogP) is 1.96. The molecule has 18 heavy (non-hydrogen) atoms. The summed E-state index contributed by atoms with van der Waals surface area (Å²) in [4.78, 5) is 12.5. The van der Waals surface area contributed by atoms with Gasteiger partial charge in [-0.1, -0.05) is 11.6 Å². The van der Waals surface area contributed by atoms with Crippen molar-refractivity contribution in [2.45, 2.75) is 6.54 Å². The summed E-state index contributed by atoms with van der Waals surface area (Å²) in [5.41, 5.74) is 2.07. The van der Waals surface area contributed by atoms with E-state index in [1.807, 2.05) is 6.07 Å². The lowest BCUT2D eigenvalue weighted by molar-refractivity contribution is 0.147. The maximum atomic E-state index is 6.15. The molecule has 96 valence electrons. The summed E-state index contributed by atoms with van der Waals surface area (Å²) in [7, 11) is 2.17. The summed E-state index contributed by atoms with van der Waals surface area (Å²) >= 11 is 6.15. The van der Waals surface area contributed by atoms with Gasteiger partial charge in [0.25, 0.3) is 0 Å². The molecule has 2 aromatic rings. The molecule has 1 saturated heterocycles. The third kappa shape index (κ3) is 2.36. The highest BCUT2D eigenvalue weighted by atomic mass is 35.5. The van der Waals surface area contributed by atoms with Crippen LogP contribution in [0.2, 0.25) is 5.02 Å². The smallest absolute Gasteiger partial charge is 0.138 e. The number of fused-ring (bicyclic) bond motifs is 1. The van der Waals surface area contributed by atoms with E-state index >= 15 is 0 Å². The van der Waals surface area contributed by atoms with Crippen molar-refractivity contribution in [1.29, 1.82) is 0 Å². The molecule has 0 spiro atoms. The van der Waals surface area contributed by atoms with Crippen LogP contribution in [0.25, 0.3) is 11.0 Å². The molecule has 0 saturated carbocycles. The zero-order chi connectivity index (χ0) is 12.5. The average Bonchev–Trinajstić information content (AvgIpc) is 2.76. The monoisotopic (exact) mass is 264 g/mol. The summed E-state index contributed by atoms with van der Waals surface area (Å²) in [6.07, 6.45) is 1.74. The van der Waals surface area contributed by atoms with Crippen LogP contribution in [0.15, 0.2) is 18.3 Å². The van der Waals surface area contributed by atoms with Gasteiger partial charge in [-0.05, 0) is 19.2 Å². The van der Waals surface area contributed by atoms with E-state index in [0.29, 0.717) is 0 Å². The van der Waals surface area contributed by atoms with Gasteiger partial charge in [0.15, 0.2) is 0 Å². The number of H-pyrrole nitrogens is 1. The lowest BCUT2D eigenvalue weighted by atomic mass is 10.3. The van der Waals surface area contributed by atoms with Crippen LogP contribution >= 0.6 is 11.6 Å². The van der Waals surface area contributed by atoms with Crippen molar-refractivity contribution in [2.75, 3.05) is 33.2 Å². The molecule has 0 radical (unpaired) electrons. The summed E-state index contributed by atoms with van der Waals surface area (Å²) in [6.45, 7) is 5.46. The van der Waals surface area contributed by atoms with Gasteiger partial charge in [0.05, 0.1) is 5.02 Å². The summed E-state index contributed by atoms with van der Waals surface area (Å²) in [6, 6.07) is 3.94. The highest BCUT2D eigenvalue weighted by Crippen LogP contribution is 2.22. The number of rotatable bonds is 2. The molecule has 1 aliphatic rings. The SMILES string of the molecule is CN1CCN(Cc2cc3c(Cl)ccnc3[nH]2)CC1. The van der Waals surface area contributed by atoms with Crippen molar-refractivity contribution in [2.24, 2.45) is 0 Å². The maximum Gasteiger partial charge on any atom is 0.138 e. The van der Waals surface area contributed by atoms with Crippen LogP contribution in [0.1, 0.15) is 5.69 Å². The van der Waals surface area contributed by atoms with Crippen LogP contribution in [-0.4, -0.2) is 53.0 Å². The van der Waals surface area contributed by atoms with Gasteiger partial charge in [0.2, 0.25) is 0 Å². The van der Waals surface area contributed by atoms with Crippen molar-refractivity contribution in [1.82, 2.24) is 19.8 Å². The second kappa shape index (κ2) is 4.88. The molecule has 0 amide bonds. The Morgan fingerprint density at radius 3 is 2.83 bits per heavy atom. The van der Waals surface area contributed by atoms with Gasteiger partial charge in [-0.3, -0.25) is 4.90 Å². The number of pyridine rings is 1. The second-order valence-corrected chi connectivity index (χ2v) is 5.34. The molecule has 3 heterocycles. The zero-order valence-electron chi connectivity index (χ0n) is 10.5. The fraction of sp³-hybridized carbons (Fsp3) is 0.462. The number of aromatic amines is 1. The molecule has 0 aromatic carbocycles. The van der Waals surface area contributed by atoms with E-state index in [9.17, 15) is 0 Å². The van der Waals surface area contributed by atoms with E-state index in [1.165, 1.54) is 5.69 Å². The number of piperazine rings is 1. The van der Waals surface area contributed by atoms with Gasteiger partial charge >= 0.3 is 0 Å². The van der Waals surface area contributed by atoms with Crippen LogP contribution in [0.3, 0.4) is 0 Å². The highest BCUT2D eigenvalue weighted by Gasteiger charge is 2.15. The Labute approximate surface area is 112 Å². The average molecular weight is 265 g/mol. The van der Waals surface area contributed by atoms with E-state index in [2.05, 4.69) is 32.9 Å². The third-order valence-electron chi connectivity index (χ3n) is 3.52. The third-order valence-corrected chi connectivity index (χ3v) is 3.85. The fourth-order valence-corrected chi connectivity index (χ4v) is 2.58. The molecule has 5 heteroatoms. The van der Waals surface area contributed by atoms with E-state index in [-0.39, 0.29) is 0 Å². The van der Waals surface area contributed by atoms with Gasteiger partial charge in [0.1, 0.15) is 5.65 Å². The number of nitrogens with one attached hydrogen (secondary N) is 1. The summed E-state index contributed by atoms with van der Waals surface area (Å²) in [5.74, 6) is 0. The first-order valence-electron chi connectivity index (χ1n) is 6.25. The first kappa shape index (κ1) is 12.0. The van der Waals surface area contributed by atoms with Crippen molar-refractivity contribution in [3.63, 3.8) is 0 Å². The topological polar surface area (TPSA) is 35.2 Å². The molecule has 0 aliphatic carbocycles. The maximum absolute atomic E-state index is 6.15. The van der Waals surface area contributed by atoms with Gasteiger partial charge in [0, 0.05) is 50.0 Å². The van der Waals surface area contributed by atoms with Crippen LogP contribution in [-0.2, 0) is 6.54 Å². The quantitative estimate of drug-likeness (QED) is 0.901. The number of hydrogen-bond acceptors (Lipinski definition) is 3. The minimum absolute atomic E-state index is 0.765. The van der Waals surface area contributed by atoms with E-state index in [4.69, 9.17) is 11.6 Å². The van der Waals surface area contributed by atoms with Gasteiger partial charge in [-0.25, -0.2) is 4.98 Å². The summed E-state index contributed by atoms with van der Waals surface area (Å²) < 4.78 is 0. The van der Waals surface area contributed by atoms with Gasteiger partial charge < -0.3 is 9.88 Å². The molecule has 1 fully saturated rings. The van der Waals surface area contributed by atoms with E-state index < -0.39 is 0 Å². The number of halogens is 1. The molecule has 0 bridgehead atoms. The lowest BCUT2D eigenvalue weighted by Crippen LogP contribution is -2.43. The molecule has 1 aliphatic heterocycles. The molecule has 0 unspecified atom stereocenters. The van der Waals surface area contributed by atoms with Crippen LogP contribution in [0.4, 0.5) is 0 Å². The Morgan fingerprint density at radius 2 is 2.11 bits per heavy atom. The number of likely N-dealkylation sites (N-methyl/N-ethyl adjacent to an activating group) is 1. The minimum atomic E-state index is 0.765. The molecule has 2 aromatic heterocycles. The van der Waals surface area contributed by atoms with Crippen molar-refractivity contribution >= 4 is 22.6 Å². The predicted molar refractivity (Wildman–Crippen MR) is 73.9 cm³/mol. The number of nitrogens with zero attached hydrogens (tertiary/aromatic N) is 3. The molecular weight excluding hydrogens is 248 g/mol. The van der Waals surface area contributed by atoms with Gasteiger partial charge in [-0.2, -0.15) is 0 Å². The Hall–Kier alpha value is -1.10. The van der Waals surface area contributed by atoms with Gasteiger partial charge in [-0.15, -0.1) is 0 Å². The van der Waals surface area contributed by atoms with E-state index in [1.54, 1.807) is 6.20 Å². The molecule has 3 rings (SSSR count). The summed E-state index contributed by atoms with van der Waals surface area (Å²) in [5, 5.41) is 1.78. The van der Waals surface area contributed by atoms with E-state index in [0.717, 1.165) is 48.8 Å². The molecule has 0 atom stereocenters. The molecule has 1 N–H and O–H groups in total. The second-order valence-electron chi connectivity index (χ2n) is 4.93. The molecule has 4 nitrogen and oxygen atoms in total. The Kier molecular flexibility index (Phi) is 3.24. The standard InChI is InChI=1S/C13H17ClN4/c1-17-4-6-18(7-5-17)9-10-8-11-12(14)2-3-15-13(11)16-10/h2-3,8H,4-7,9H2,1H3,(H,15,16).